The summed E-state index contributed by atoms with van der Waals surface area (Å²) < 4.78 is 35.6. The number of aromatic nitrogens is 2. The molecule has 0 atom stereocenters. The molecule has 0 spiro atoms. The normalized spacial score (nSPS) is 14.2. The Morgan fingerprint density at radius 1 is 0.977 bits per heavy atom. The van der Waals surface area contributed by atoms with Crippen LogP contribution < -0.4 is 10.0 Å². The van der Waals surface area contributed by atoms with Crippen LogP contribution in [0.5, 0.6) is 0 Å². The van der Waals surface area contributed by atoms with E-state index >= 15 is 0 Å². The van der Waals surface area contributed by atoms with Crippen molar-refractivity contribution < 1.29 is 17.9 Å². The summed E-state index contributed by atoms with van der Waals surface area (Å²) in [6, 6.07) is 27.9. The Balaban J connectivity index is 1.50. The van der Waals surface area contributed by atoms with E-state index in [1.54, 1.807) is 29.8 Å². The van der Waals surface area contributed by atoms with Gasteiger partial charge in [-0.15, -0.1) is 0 Å². The van der Waals surface area contributed by atoms with Crippen molar-refractivity contribution in [2.75, 3.05) is 6.61 Å². The Morgan fingerprint density at radius 3 is 2.28 bits per heavy atom. The van der Waals surface area contributed by atoms with E-state index in [0.29, 0.717) is 11.4 Å². The van der Waals surface area contributed by atoms with Crippen LogP contribution in [-0.4, -0.2) is 41.9 Å². The number of sulfonamides is 1. The fourth-order valence-electron chi connectivity index (χ4n) is 5.12. The summed E-state index contributed by atoms with van der Waals surface area (Å²) in [5, 5.41) is 7.84. The molecule has 0 bridgehead atoms. The summed E-state index contributed by atoms with van der Waals surface area (Å²) in [5.41, 5.74) is 4.07. The van der Waals surface area contributed by atoms with Crippen LogP contribution in [0.25, 0.3) is 17.3 Å². The first kappa shape index (κ1) is 30.2. The lowest BCUT2D eigenvalue weighted by molar-refractivity contribution is 0.0519. The molecule has 0 unspecified atom stereocenters. The molecule has 10 heteroatoms. The predicted molar refractivity (Wildman–Crippen MR) is 172 cm³/mol. The summed E-state index contributed by atoms with van der Waals surface area (Å²) in [4.78, 5) is 12.8. The second-order valence-corrected chi connectivity index (χ2v) is 12.4. The molecule has 1 fully saturated rings. The van der Waals surface area contributed by atoms with Crippen molar-refractivity contribution in [1.82, 2.24) is 19.8 Å². The number of carbonyl (C=O) groups excluding carboxylic acids is 1. The number of thiocarbonyl (C=S) groups is 1. The van der Waals surface area contributed by atoms with Crippen LogP contribution in [-0.2, 0) is 14.8 Å². The van der Waals surface area contributed by atoms with E-state index in [-0.39, 0.29) is 28.4 Å². The molecule has 0 radical (unpaired) electrons. The Bertz CT molecular complexity index is 1690. The summed E-state index contributed by atoms with van der Waals surface area (Å²) in [6.45, 7) is 1.95. The molecule has 1 aromatic heterocycles. The molecule has 1 aliphatic rings. The lowest BCUT2D eigenvalue weighted by atomic mass is 9.96. The molecular weight excluding hydrogens is 581 g/mol. The van der Waals surface area contributed by atoms with E-state index < -0.39 is 16.0 Å². The van der Waals surface area contributed by atoms with Crippen molar-refractivity contribution >= 4 is 45.0 Å². The number of ether oxygens (including phenoxy) is 1. The molecule has 1 heterocycles. The molecule has 222 valence electrons. The fraction of sp³-hybridized carbons (Fsp3) is 0.242. The van der Waals surface area contributed by atoms with Crippen LogP contribution in [0.4, 0.5) is 0 Å². The van der Waals surface area contributed by atoms with Crippen LogP contribution in [0.1, 0.15) is 66.3 Å². The van der Waals surface area contributed by atoms with E-state index in [4.69, 9.17) is 17.0 Å². The van der Waals surface area contributed by atoms with Gasteiger partial charge in [0.2, 0.25) is 0 Å². The number of carbonyl (C=O) groups is 1. The molecule has 5 rings (SSSR count). The van der Waals surface area contributed by atoms with Gasteiger partial charge >= 0.3 is 5.97 Å². The average molecular weight is 615 g/mol. The zero-order valence-electron chi connectivity index (χ0n) is 23.9. The smallest absolute Gasteiger partial charge is 0.358 e. The van der Waals surface area contributed by atoms with Crippen molar-refractivity contribution in [3.05, 3.63) is 114 Å². The van der Waals surface area contributed by atoms with Crippen molar-refractivity contribution in [1.29, 1.82) is 0 Å². The van der Waals surface area contributed by atoms with E-state index in [0.717, 1.165) is 42.4 Å². The molecule has 0 amide bonds. The highest BCUT2D eigenvalue weighted by atomic mass is 32.2. The minimum Gasteiger partial charge on any atom is -0.461 e. The highest BCUT2D eigenvalue weighted by Crippen LogP contribution is 2.29. The Hall–Kier alpha value is -4.28. The van der Waals surface area contributed by atoms with Crippen LogP contribution in [0.3, 0.4) is 0 Å². The SMILES string of the molecule is CCOC(=O)c1cc(/C(=C/c2ccccc2)c2ccccc2)n(-c2ccc(S(=O)(=O)NC(=S)NC3CCCCC3)cc2)n1. The van der Waals surface area contributed by atoms with Gasteiger partial charge in [-0.2, -0.15) is 5.10 Å². The Kier molecular flexibility index (Phi) is 9.68. The van der Waals surface area contributed by atoms with Gasteiger partial charge in [-0.3, -0.25) is 4.72 Å². The van der Waals surface area contributed by atoms with Gasteiger partial charge in [-0.05, 0) is 79.5 Å². The van der Waals surface area contributed by atoms with Gasteiger partial charge in [0.15, 0.2) is 10.8 Å². The number of esters is 1. The number of nitrogens with one attached hydrogen (secondary N) is 2. The van der Waals surface area contributed by atoms with E-state index in [2.05, 4.69) is 15.1 Å². The van der Waals surface area contributed by atoms with Crippen molar-refractivity contribution in [3.8, 4) is 5.69 Å². The van der Waals surface area contributed by atoms with Crippen molar-refractivity contribution in [3.63, 3.8) is 0 Å². The maximum absolute atomic E-state index is 13.1. The Morgan fingerprint density at radius 2 is 1.63 bits per heavy atom. The molecule has 1 aliphatic carbocycles. The van der Waals surface area contributed by atoms with Gasteiger partial charge in [0, 0.05) is 11.6 Å². The number of nitrogens with zero attached hydrogens (tertiary/aromatic N) is 2. The molecule has 8 nitrogen and oxygen atoms in total. The average Bonchev–Trinajstić information content (AvgIpc) is 3.47. The van der Waals surface area contributed by atoms with E-state index in [9.17, 15) is 13.2 Å². The zero-order valence-corrected chi connectivity index (χ0v) is 25.5. The maximum Gasteiger partial charge on any atom is 0.358 e. The topological polar surface area (TPSA) is 102 Å². The highest BCUT2D eigenvalue weighted by molar-refractivity contribution is 7.91. The molecule has 2 N–H and O–H groups in total. The summed E-state index contributed by atoms with van der Waals surface area (Å²) in [5.74, 6) is -0.544. The summed E-state index contributed by atoms with van der Waals surface area (Å²) in [6.07, 6.45) is 7.38. The zero-order chi connectivity index (χ0) is 30.2. The first-order valence-electron chi connectivity index (χ1n) is 14.4. The van der Waals surface area contributed by atoms with Gasteiger partial charge in [0.05, 0.1) is 22.9 Å². The monoisotopic (exact) mass is 614 g/mol. The number of rotatable bonds is 9. The van der Waals surface area contributed by atoms with Crippen LogP contribution in [0.15, 0.2) is 95.9 Å². The molecule has 3 aromatic carbocycles. The largest absolute Gasteiger partial charge is 0.461 e. The minimum absolute atomic E-state index is 0.0616. The summed E-state index contributed by atoms with van der Waals surface area (Å²) >= 11 is 5.31. The van der Waals surface area contributed by atoms with Gasteiger partial charge < -0.3 is 10.1 Å². The molecule has 1 saturated carbocycles. The predicted octanol–water partition coefficient (Wildman–Crippen LogP) is 6.12. The molecule has 43 heavy (non-hydrogen) atoms. The molecule has 0 saturated heterocycles. The van der Waals surface area contributed by atoms with Crippen molar-refractivity contribution in [2.45, 2.75) is 50.0 Å². The van der Waals surface area contributed by atoms with Crippen molar-refractivity contribution in [2.24, 2.45) is 0 Å². The quantitative estimate of drug-likeness (QED) is 0.133. The third-order valence-electron chi connectivity index (χ3n) is 7.22. The Labute approximate surface area is 257 Å². The molecule has 0 aliphatic heterocycles. The molecule has 4 aromatic rings. The second kappa shape index (κ2) is 13.8. The first-order chi connectivity index (χ1) is 20.8. The fourth-order valence-corrected chi connectivity index (χ4v) is 6.53. The third-order valence-corrected chi connectivity index (χ3v) is 8.94. The van der Waals surface area contributed by atoms with Crippen LogP contribution in [0, 0.1) is 0 Å². The van der Waals surface area contributed by atoms with E-state index in [1.807, 2.05) is 66.7 Å². The third kappa shape index (κ3) is 7.57. The maximum atomic E-state index is 13.1. The van der Waals surface area contributed by atoms with Gasteiger partial charge in [0.25, 0.3) is 10.0 Å². The van der Waals surface area contributed by atoms with Gasteiger partial charge in [-0.1, -0.05) is 79.9 Å². The minimum atomic E-state index is -3.90. The molecular formula is C33H34N4O4S2. The number of hydrogen-bond acceptors (Lipinski definition) is 6. The first-order valence-corrected chi connectivity index (χ1v) is 16.3. The number of hydrogen-bond donors (Lipinski definition) is 2. The van der Waals surface area contributed by atoms with Crippen LogP contribution >= 0.6 is 12.2 Å². The van der Waals surface area contributed by atoms with Crippen LogP contribution in [0.2, 0.25) is 0 Å². The second-order valence-electron chi connectivity index (χ2n) is 10.3. The standard InChI is InChI=1S/C33H34N4O4S2/c1-2-41-32(38)30-23-31(29(25-14-8-4-9-15-25)22-24-12-6-3-7-13-24)37(35-30)27-18-20-28(21-19-27)43(39,40)36-33(42)34-26-16-10-5-11-17-26/h3-4,6-9,12-15,18-23,26H,2,5,10-11,16-17H2,1H3,(H2,34,36,42)/b29-22+. The van der Waals surface area contributed by atoms with Gasteiger partial charge in [0.1, 0.15) is 0 Å². The highest BCUT2D eigenvalue weighted by Gasteiger charge is 2.22. The summed E-state index contributed by atoms with van der Waals surface area (Å²) in [7, 11) is -3.90. The number of benzene rings is 3. The van der Waals surface area contributed by atoms with Gasteiger partial charge in [-0.25, -0.2) is 17.9 Å². The lowest BCUT2D eigenvalue weighted by Crippen LogP contribution is -2.44. The van der Waals surface area contributed by atoms with E-state index in [1.165, 1.54) is 18.6 Å². The lowest BCUT2D eigenvalue weighted by Gasteiger charge is -2.24.